The normalized spacial score (nSPS) is 14.1. The maximum absolute atomic E-state index is 9.33. The van der Waals surface area contributed by atoms with Gasteiger partial charge in [-0.05, 0) is 41.1 Å². The second kappa shape index (κ2) is 6.52. The molecule has 2 aromatic rings. The molecule has 0 radical (unpaired) electrons. The Morgan fingerprint density at radius 2 is 2.05 bits per heavy atom. The van der Waals surface area contributed by atoms with E-state index in [0.29, 0.717) is 5.75 Å². The maximum atomic E-state index is 9.33. The van der Waals surface area contributed by atoms with Crippen molar-refractivity contribution in [1.82, 2.24) is 0 Å². The van der Waals surface area contributed by atoms with Crippen molar-refractivity contribution in [2.45, 2.75) is 25.7 Å². The summed E-state index contributed by atoms with van der Waals surface area (Å²) in [5.41, 5.74) is 6.79. The molecular weight excluding hydrogens is 326 g/mol. The van der Waals surface area contributed by atoms with E-state index in [1.54, 1.807) is 11.3 Å². The molecule has 0 aliphatic rings. The van der Waals surface area contributed by atoms with Gasteiger partial charge < -0.3 is 15.6 Å². The Labute approximate surface area is 125 Å². The van der Waals surface area contributed by atoms with E-state index in [9.17, 15) is 5.11 Å². The quantitative estimate of drug-likeness (QED) is 0.875. The Morgan fingerprint density at radius 3 is 2.63 bits per heavy atom. The number of ether oxygens (including phenoxy) is 1. The molecular formula is C14H16BrNO2S. The number of aliphatic hydroxyl groups excluding tert-OH is 1. The smallest absolute Gasteiger partial charge is 0.148 e. The molecule has 0 spiro atoms. The molecule has 2 rings (SSSR count). The molecule has 0 saturated carbocycles. The first-order chi connectivity index (χ1) is 9.11. The minimum atomic E-state index is -0.219. The Balaban J connectivity index is 2.26. The highest BCUT2D eigenvalue weighted by Gasteiger charge is 2.21. The highest BCUT2D eigenvalue weighted by molar-refractivity contribution is 9.11. The van der Waals surface area contributed by atoms with Gasteiger partial charge in [0.05, 0.1) is 10.4 Å². The van der Waals surface area contributed by atoms with Crippen LogP contribution in [-0.4, -0.2) is 11.1 Å². The topological polar surface area (TPSA) is 55.5 Å². The fourth-order valence-electron chi connectivity index (χ4n) is 1.79. The monoisotopic (exact) mass is 341 g/mol. The summed E-state index contributed by atoms with van der Waals surface area (Å²) in [6.07, 6.45) is -0.219. The lowest BCUT2D eigenvalue weighted by molar-refractivity contribution is 0.176. The summed E-state index contributed by atoms with van der Waals surface area (Å²) in [6.45, 7) is 1.87. The van der Waals surface area contributed by atoms with E-state index in [0.717, 1.165) is 14.2 Å². The van der Waals surface area contributed by atoms with Gasteiger partial charge in [-0.25, -0.2) is 0 Å². The predicted octanol–water partition coefficient (Wildman–Crippen LogP) is 3.47. The number of hydrogen-bond acceptors (Lipinski definition) is 4. The summed E-state index contributed by atoms with van der Waals surface area (Å²) in [7, 11) is 0. The van der Waals surface area contributed by atoms with Crippen LogP contribution in [0.3, 0.4) is 0 Å². The third kappa shape index (κ3) is 3.57. The van der Waals surface area contributed by atoms with Gasteiger partial charge in [0.25, 0.3) is 0 Å². The zero-order valence-electron chi connectivity index (χ0n) is 10.5. The average Bonchev–Trinajstić information content (AvgIpc) is 2.82. The first-order valence-corrected chi connectivity index (χ1v) is 7.59. The third-order valence-corrected chi connectivity index (χ3v) is 4.43. The van der Waals surface area contributed by atoms with E-state index < -0.39 is 0 Å². The Morgan fingerprint density at radius 1 is 1.32 bits per heavy atom. The molecule has 0 saturated heterocycles. The van der Waals surface area contributed by atoms with E-state index in [1.165, 1.54) is 0 Å². The van der Waals surface area contributed by atoms with Crippen LogP contribution in [-0.2, 0) is 6.61 Å². The van der Waals surface area contributed by atoms with Crippen molar-refractivity contribution in [1.29, 1.82) is 0 Å². The van der Waals surface area contributed by atoms with Crippen LogP contribution < -0.4 is 10.5 Å². The number of para-hydroxylation sites is 1. The molecule has 0 amide bonds. The summed E-state index contributed by atoms with van der Waals surface area (Å²) < 4.78 is 7.05. The number of rotatable bonds is 5. The number of nitrogens with two attached hydrogens (primary N) is 1. The van der Waals surface area contributed by atoms with Gasteiger partial charge in [0, 0.05) is 16.5 Å². The largest absolute Gasteiger partial charge is 0.483 e. The van der Waals surface area contributed by atoms with Crippen LogP contribution in [0.5, 0.6) is 5.75 Å². The third-order valence-electron chi connectivity index (χ3n) is 2.75. The molecule has 3 N–H and O–H groups in total. The van der Waals surface area contributed by atoms with Gasteiger partial charge in [0.15, 0.2) is 0 Å². The molecule has 5 heteroatoms. The van der Waals surface area contributed by atoms with Crippen molar-refractivity contribution in [3.63, 3.8) is 0 Å². The van der Waals surface area contributed by atoms with Crippen molar-refractivity contribution >= 4 is 27.3 Å². The molecule has 19 heavy (non-hydrogen) atoms. The summed E-state index contributed by atoms with van der Waals surface area (Å²) in [5, 5.41) is 9.33. The molecule has 0 fully saturated rings. The van der Waals surface area contributed by atoms with Crippen LogP contribution >= 0.6 is 27.3 Å². The lowest BCUT2D eigenvalue weighted by atomic mass is 10.1. The zero-order valence-corrected chi connectivity index (χ0v) is 12.9. The van der Waals surface area contributed by atoms with Gasteiger partial charge in [-0.15, -0.1) is 11.3 Å². The van der Waals surface area contributed by atoms with E-state index >= 15 is 0 Å². The van der Waals surface area contributed by atoms with Gasteiger partial charge in [-0.1, -0.05) is 18.2 Å². The molecule has 102 valence electrons. The molecule has 0 aliphatic heterocycles. The summed E-state index contributed by atoms with van der Waals surface area (Å²) in [6, 6.07) is 11.3. The molecule has 2 atom stereocenters. The lowest BCUT2D eigenvalue weighted by Gasteiger charge is -2.22. The SMILES string of the molecule is CC(N)C(Oc1ccccc1CO)c1ccc(Br)s1. The lowest BCUT2D eigenvalue weighted by Crippen LogP contribution is -2.28. The second-order valence-electron chi connectivity index (χ2n) is 4.31. The highest BCUT2D eigenvalue weighted by Crippen LogP contribution is 2.33. The number of benzene rings is 1. The average molecular weight is 342 g/mol. The molecule has 1 aromatic heterocycles. The first-order valence-electron chi connectivity index (χ1n) is 5.98. The van der Waals surface area contributed by atoms with Gasteiger partial charge in [-0.2, -0.15) is 0 Å². The Bertz CT molecular complexity index is 542. The second-order valence-corrected chi connectivity index (χ2v) is 6.80. The molecule has 1 aromatic carbocycles. The van der Waals surface area contributed by atoms with Crippen LogP contribution in [0.4, 0.5) is 0 Å². The number of halogens is 1. The maximum Gasteiger partial charge on any atom is 0.148 e. The van der Waals surface area contributed by atoms with Gasteiger partial charge >= 0.3 is 0 Å². The summed E-state index contributed by atoms with van der Waals surface area (Å²) >= 11 is 5.05. The van der Waals surface area contributed by atoms with Crippen LogP contribution in [0.2, 0.25) is 0 Å². The number of aliphatic hydroxyl groups is 1. The van der Waals surface area contributed by atoms with Crippen molar-refractivity contribution in [3.8, 4) is 5.75 Å². The van der Waals surface area contributed by atoms with Crippen molar-refractivity contribution < 1.29 is 9.84 Å². The molecule has 3 nitrogen and oxygen atoms in total. The molecule has 2 unspecified atom stereocenters. The summed E-state index contributed by atoms with van der Waals surface area (Å²) in [4.78, 5) is 1.06. The summed E-state index contributed by atoms with van der Waals surface area (Å²) in [5.74, 6) is 0.678. The fourth-order valence-corrected chi connectivity index (χ4v) is 3.36. The van der Waals surface area contributed by atoms with Gasteiger partial charge in [0.1, 0.15) is 11.9 Å². The van der Waals surface area contributed by atoms with E-state index in [4.69, 9.17) is 10.5 Å². The minimum absolute atomic E-state index is 0.0457. The van der Waals surface area contributed by atoms with Crippen LogP contribution in [0.1, 0.15) is 23.5 Å². The van der Waals surface area contributed by atoms with Crippen molar-refractivity contribution in [3.05, 3.63) is 50.6 Å². The fraction of sp³-hybridized carbons (Fsp3) is 0.286. The molecule has 0 bridgehead atoms. The number of hydrogen-bond donors (Lipinski definition) is 2. The van der Waals surface area contributed by atoms with Gasteiger partial charge in [-0.3, -0.25) is 0 Å². The van der Waals surface area contributed by atoms with Crippen molar-refractivity contribution in [2.75, 3.05) is 0 Å². The molecule has 1 heterocycles. The predicted molar refractivity (Wildman–Crippen MR) is 81.4 cm³/mol. The van der Waals surface area contributed by atoms with Gasteiger partial charge in [0.2, 0.25) is 0 Å². The van der Waals surface area contributed by atoms with Crippen LogP contribution in [0.15, 0.2) is 40.2 Å². The van der Waals surface area contributed by atoms with Crippen LogP contribution in [0.25, 0.3) is 0 Å². The van der Waals surface area contributed by atoms with E-state index in [-0.39, 0.29) is 18.8 Å². The molecule has 0 aliphatic carbocycles. The first kappa shape index (κ1) is 14.5. The van der Waals surface area contributed by atoms with Crippen LogP contribution in [0, 0.1) is 0 Å². The Hall–Kier alpha value is -0.880. The zero-order chi connectivity index (χ0) is 13.8. The minimum Gasteiger partial charge on any atom is -0.483 e. The standard InChI is InChI=1S/C14H16BrNO2S/c1-9(16)14(12-6-7-13(15)19-12)18-11-5-3-2-4-10(11)8-17/h2-7,9,14,17H,8,16H2,1H3. The van der Waals surface area contributed by atoms with E-state index in [2.05, 4.69) is 15.9 Å². The highest BCUT2D eigenvalue weighted by atomic mass is 79.9. The number of thiophene rings is 1. The Kier molecular flexibility index (Phi) is 4.99. The van der Waals surface area contributed by atoms with E-state index in [1.807, 2.05) is 43.3 Å². The van der Waals surface area contributed by atoms with Crippen molar-refractivity contribution in [2.24, 2.45) is 5.73 Å².